The fraction of sp³-hybridized carbons (Fsp3) is 0.857. The van der Waals surface area contributed by atoms with Crippen molar-refractivity contribution in [2.75, 3.05) is 0 Å². The Morgan fingerprint density at radius 3 is 0.857 bits per heavy atom. The Kier molecular flexibility index (Phi) is 29.6. The molecule has 6 nitrogen and oxygen atoms in total. The van der Waals surface area contributed by atoms with Gasteiger partial charge in [-0.3, -0.25) is 0 Å². The number of carboxylic acid groups (broad SMARTS) is 3. The number of unbranched alkanes of at least 4 members (excludes halogenated alkanes) is 3. The Balaban J connectivity index is -0.000000152. The van der Waals surface area contributed by atoms with Gasteiger partial charge in [0.25, 0.3) is 0 Å². The molecule has 1 radical (unpaired) electrons. The van der Waals surface area contributed by atoms with Gasteiger partial charge in [0.1, 0.15) is 0 Å². The van der Waals surface area contributed by atoms with Crippen LogP contribution in [-0.4, -0.2) is 17.9 Å². The van der Waals surface area contributed by atoms with Crippen LogP contribution in [0.15, 0.2) is 0 Å². The summed E-state index contributed by atoms with van der Waals surface area (Å²) in [7, 11) is 0. The molecule has 0 aliphatic rings. The van der Waals surface area contributed by atoms with E-state index in [1.807, 2.05) is 20.8 Å². The first-order valence-electron chi connectivity index (χ1n) is 10.2. The minimum Gasteiger partial charge on any atom is -0.550 e. The smallest absolute Gasteiger partial charge is 0.0442 e. The molecule has 0 heterocycles. The van der Waals surface area contributed by atoms with Crippen LogP contribution in [0.2, 0.25) is 0 Å². The summed E-state index contributed by atoms with van der Waals surface area (Å²) in [6.07, 6.45) is 8.35. The van der Waals surface area contributed by atoms with E-state index in [1.54, 1.807) is 20.8 Å². The van der Waals surface area contributed by atoms with Gasteiger partial charge in [0, 0.05) is 36.5 Å². The zero-order valence-electron chi connectivity index (χ0n) is 18.5. The van der Waals surface area contributed by atoms with Crippen molar-refractivity contribution in [2.45, 2.75) is 99.3 Å². The third kappa shape index (κ3) is 27.2. The van der Waals surface area contributed by atoms with Crippen LogP contribution < -0.4 is 15.3 Å². The van der Waals surface area contributed by atoms with Crippen molar-refractivity contribution in [3.8, 4) is 0 Å². The van der Waals surface area contributed by atoms with Crippen LogP contribution in [0.4, 0.5) is 0 Å². The number of carbonyl (C=O) groups excluding carboxylic acids is 3. The number of carboxylic acids is 3. The summed E-state index contributed by atoms with van der Waals surface area (Å²) in [6, 6.07) is 0. The minimum atomic E-state index is -0.927. The molecule has 28 heavy (non-hydrogen) atoms. The van der Waals surface area contributed by atoms with Gasteiger partial charge in [0.2, 0.25) is 0 Å². The SMILES string of the molecule is CCCCC(C)C(=O)[O-].CCCCC(C)C(=O)[O-].CCCCC(C)C(=O)[O-].[V]. The molecule has 0 aromatic heterocycles. The number of hydrogen-bond donors (Lipinski definition) is 0. The molecule has 3 atom stereocenters. The zero-order valence-corrected chi connectivity index (χ0v) is 19.9. The summed E-state index contributed by atoms with van der Waals surface area (Å²) in [4.78, 5) is 30.3. The normalized spacial score (nSPS) is 12.6. The molecule has 3 unspecified atom stereocenters. The molecule has 167 valence electrons. The van der Waals surface area contributed by atoms with Gasteiger partial charge in [-0.05, 0) is 37.0 Å². The van der Waals surface area contributed by atoms with Gasteiger partial charge in [-0.15, -0.1) is 0 Å². The molecule has 0 saturated heterocycles. The van der Waals surface area contributed by atoms with Crippen LogP contribution in [0.3, 0.4) is 0 Å². The Bertz CT molecular complexity index is 330. The molecule has 0 aliphatic carbocycles. The van der Waals surface area contributed by atoms with Crippen LogP contribution in [0.5, 0.6) is 0 Å². The first kappa shape index (κ1) is 34.5. The van der Waals surface area contributed by atoms with Crippen LogP contribution >= 0.6 is 0 Å². The van der Waals surface area contributed by atoms with Crippen LogP contribution in [0.25, 0.3) is 0 Å². The topological polar surface area (TPSA) is 120 Å². The van der Waals surface area contributed by atoms with Crippen molar-refractivity contribution in [1.29, 1.82) is 0 Å². The summed E-state index contributed by atoms with van der Waals surface area (Å²) in [5.41, 5.74) is 0. The second-order valence-corrected chi connectivity index (χ2v) is 7.09. The maximum Gasteiger partial charge on any atom is 0.0442 e. The third-order valence-electron chi connectivity index (χ3n) is 4.18. The first-order valence-corrected chi connectivity index (χ1v) is 10.2. The van der Waals surface area contributed by atoms with Crippen molar-refractivity contribution in [3.63, 3.8) is 0 Å². The van der Waals surface area contributed by atoms with Crippen molar-refractivity contribution >= 4 is 17.9 Å². The molecule has 0 rings (SSSR count). The summed E-state index contributed by atoms with van der Waals surface area (Å²) < 4.78 is 0. The maximum atomic E-state index is 10.1. The Labute approximate surface area is 183 Å². The molecule has 0 N–H and O–H groups in total. The predicted molar refractivity (Wildman–Crippen MR) is 101 cm³/mol. The Morgan fingerprint density at radius 2 is 0.750 bits per heavy atom. The molecule has 0 aromatic carbocycles. The van der Waals surface area contributed by atoms with E-state index in [1.165, 1.54) is 0 Å². The second kappa shape index (κ2) is 24.0. The Morgan fingerprint density at radius 1 is 0.571 bits per heavy atom. The van der Waals surface area contributed by atoms with Gasteiger partial charge in [-0.1, -0.05) is 80.1 Å². The van der Waals surface area contributed by atoms with E-state index in [0.29, 0.717) is 0 Å². The van der Waals surface area contributed by atoms with E-state index in [-0.39, 0.29) is 36.3 Å². The minimum absolute atomic E-state index is 0. The maximum absolute atomic E-state index is 10.1. The molecule has 7 heteroatoms. The second-order valence-electron chi connectivity index (χ2n) is 7.09. The van der Waals surface area contributed by atoms with Crippen LogP contribution in [-0.2, 0) is 32.9 Å². The van der Waals surface area contributed by atoms with Gasteiger partial charge in [0.05, 0.1) is 0 Å². The molecule has 0 saturated carbocycles. The summed E-state index contributed by atoms with van der Waals surface area (Å²) in [6.45, 7) is 11.2. The molecular weight excluding hydrogens is 399 g/mol. The van der Waals surface area contributed by atoms with Gasteiger partial charge >= 0.3 is 0 Å². The first-order chi connectivity index (χ1) is 12.5. The molecule has 0 aromatic rings. The van der Waals surface area contributed by atoms with E-state index in [0.717, 1.165) is 57.8 Å². The van der Waals surface area contributed by atoms with Gasteiger partial charge in [0.15, 0.2) is 0 Å². The Hall–Kier alpha value is -1.01. The summed E-state index contributed by atoms with van der Waals surface area (Å²) in [5.74, 6) is -3.60. The summed E-state index contributed by atoms with van der Waals surface area (Å²) >= 11 is 0. The molecule has 0 fully saturated rings. The number of rotatable bonds is 12. The van der Waals surface area contributed by atoms with Crippen molar-refractivity contribution in [3.05, 3.63) is 0 Å². The molecule has 0 bridgehead atoms. The molecule has 0 spiro atoms. The monoisotopic (exact) mass is 438 g/mol. The fourth-order valence-electron chi connectivity index (χ4n) is 1.88. The van der Waals surface area contributed by atoms with Crippen molar-refractivity contribution < 1.29 is 48.3 Å². The van der Waals surface area contributed by atoms with E-state index in [2.05, 4.69) is 0 Å². The van der Waals surface area contributed by atoms with Gasteiger partial charge < -0.3 is 29.7 Å². The van der Waals surface area contributed by atoms with Crippen LogP contribution in [0, 0.1) is 17.8 Å². The van der Waals surface area contributed by atoms with Crippen molar-refractivity contribution in [2.24, 2.45) is 17.8 Å². The van der Waals surface area contributed by atoms with E-state index >= 15 is 0 Å². The average molecular weight is 438 g/mol. The quantitative estimate of drug-likeness (QED) is 0.457. The van der Waals surface area contributed by atoms with E-state index < -0.39 is 17.9 Å². The van der Waals surface area contributed by atoms with Crippen LogP contribution in [0.1, 0.15) is 99.3 Å². The number of aliphatic carboxylic acids is 3. The zero-order chi connectivity index (χ0) is 21.8. The molecule has 0 aliphatic heterocycles. The summed E-state index contributed by atoms with van der Waals surface area (Å²) in [5, 5.41) is 30.3. The largest absolute Gasteiger partial charge is 0.550 e. The fourth-order valence-corrected chi connectivity index (χ4v) is 1.88. The van der Waals surface area contributed by atoms with E-state index in [9.17, 15) is 29.7 Å². The molecular formula is C21H39O6V-3. The van der Waals surface area contributed by atoms with E-state index in [4.69, 9.17) is 0 Å². The number of carbonyl (C=O) groups is 3. The number of hydrogen-bond acceptors (Lipinski definition) is 6. The van der Waals surface area contributed by atoms with Gasteiger partial charge in [-0.2, -0.15) is 0 Å². The standard InChI is InChI=1S/3C7H14O2.V/c3*1-3-4-5-6(2)7(8)9;/h3*6H,3-5H2,1-2H3,(H,8,9);/p-3. The van der Waals surface area contributed by atoms with Gasteiger partial charge in [-0.25, -0.2) is 0 Å². The van der Waals surface area contributed by atoms with Crippen molar-refractivity contribution in [1.82, 2.24) is 0 Å². The molecule has 0 amide bonds. The third-order valence-corrected chi connectivity index (χ3v) is 4.18. The average Bonchev–Trinajstić information content (AvgIpc) is 2.62. The predicted octanol–water partition coefficient (Wildman–Crippen LogP) is 1.69.